The number of nitrogens with one attached hydrogen (secondary N) is 1. The summed E-state index contributed by atoms with van der Waals surface area (Å²) >= 11 is 0. The molecule has 0 aliphatic carbocycles. The maximum Gasteiger partial charge on any atom is 0.232 e. The number of rotatable bonds is 2. The maximum absolute atomic E-state index is 11.5. The van der Waals surface area contributed by atoms with Gasteiger partial charge in [0, 0.05) is 18.0 Å². The Morgan fingerprint density at radius 1 is 1.44 bits per heavy atom. The predicted octanol–water partition coefficient (Wildman–Crippen LogP) is -0.972. The molecule has 0 spiro atoms. The average molecular weight is 223 g/mol. The Labute approximate surface area is 90.2 Å². The first-order valence-electron chi connectivity index (χ1n) is 4.77. The lowest BCUT2D eigenvalue weighted by Gasteiger charge is -2.15. The molecule has 0 aromatic heterocycles. The van der Waals surface area contributed by atoms with E-state index >= 15 is 0 Å². The van der Waals surface area contributed by atoms with Crippen LogP contribution in [0.2, 0.25) is 0 Å². The van der Waals surface area contributed by atoms with Gasteiger partial charge in [0.05, 0.1) is 11.8 Å². The molecule has 0 aromatic carbocycles. The molecule has 84 valence electrons. The van der Waals surface area contributed by atoms with E-state index in [9.17, 15) is 14.4 Å². The molecule has 3 amide bonds. The summed E-state index contributed by atoms with van der Waals surface area (Å²) in [6, 6.07) is 0. The van der Waals surface area contributed by atoms with E-state index in [1.165, 1.54) is 4.90 Å². The highest BCUT2D eigenvalue weighted by atomic mass is 16.2. The van der Waals surface area contributed by atoms with E-state index in [-0.39, 0.29) is 37.4 Å². The number of azide groups is 1. The molecule has 16 heavy (non-hydrogen) atoms. The molecule has 2 aliphatic rings. The summed E-state index contributed by atoms with van der Waals surface area (Å²) in [4.78, 5) is 37.9. The van der Waals surface area contributed by atoms with Crippen molar-refractivity contribution in [1.29, 1.82) is 0 Å². The topological polar surface area (TPSA) is 115 Å². The Morgan fingerprint density at radius 3 is 2.50 bits per heavy atom. The Kier molecular flexibility index (Phi) is 2.49. The fraction of sp³-hybridized carbons (Fsp3) is 0.625. The second-order valence-corrected chi connectivity index (χ2v) is 3.75. The number of hydrogen-bond donors (Lipinski definition) is 1. The first-order chi connectivity index (χ1) is 7.63. The van der Waals surface area contributed by atoms with E-state index in [1.807, 2.05) is 0 Å². The van der Waals surface area contributed by atoms with Gasteiger partial charge < -0.3 is 4.90 Å². The zero-order chi connectivity index (χ0) is 11.7. The van der Waals surface area contributed by atoms with Gasteiger partial charge in [0.15, 0.2) is 0 Å². The molecule has 2 saturated heterocycles. The van der Waals surface area contributed by atoms with Crippen molar-refractivity contribution < 1.29 is 14.4 Å². The zero-order valence-electron chi connectivity index (χ0n) is 8.29. The van der Waals surface area contributed by atoms with Crippen LogP contribution in [0.4, 0.5) is 0 Å². The molecule has 0 radical (unpaired) electrons. The van der Waals surface area contributed by atoms with Gasteiger partial charge in [-0.3, -0.25) is 19.7 Å². The number of hydrogen-bond acceptors (Lipinski definition) is 4. The number of fused-ring (bicyclic) bond motifs is 1. The summed E-state index contributed by atoms with van der Waals surface area (Å²) in [6.45, 7) is 0.176. The first kappa shape index (κ1) is 10.4. The van der Waals surface area contributed by atoms with Crippen LogP contribution in [0.1, 0.15) is 0 Å². The Hall–Kier alpha value is -2.08. The lowest BCUT2D eigenvalue weighted by Crippen LogP contribution is -2.36. The Balaban J connectivity index is 2.03. The Bertz CT molecular complexity index is 392. The van der Waals surface area contributed by atoms with Gasteiger partial charge in [-0.15, -0.1) is 0 Å². The molecule has 2 aliphatic heterocycles. The van der Waals surface area contributed by atoms with Gasteiger partial charge in [0.25, 0.3) is 0 Å². The molecule has 2 rings (SSSR count). The van der Waals surface area contributed by atoms with E-state index < -0.39 is 11.8 Å². The summed E-state index contributed by atoms with van der Waals surface area (Å²) in [6.07, 6.45) is 0. The van der Waals surface area contributed by atoms with Crippen LogP contribution in [0.3, 0.4) is 0 Å². The number of carbonyl (C=O) groups is 3. The van der Waals surface area contributed by atoms with E-state index in [0.717, 1.165) is 0 Å². The lowest BCUT2D eigenvalue weighted by atomic mass is 10.00. The van der Waals surface area contributed by atoms with E-state index in [4.69, 9.17) is 5.53 Å². The van der Waals surface area contributed by atoms with Crippen LogP contribution in [0.15, 0.2) is 5.11 Å². The number of likely N-dealkylation sites (tertiary alicyclic amines) is 1. The molecule has 0 saturated carbocycles. The maximum atomic E-state index is 11.5. The molecule has 2 fully saturated rings. The highest BCUT2D eigenvalue weighted by Gasteiger charge is 2.48. The lowest BCUT2D eigenvalue weighted by molar-refractivity contribution is -0.130. The second kappa shape index (κ2) is 3.82. The van der Waals surface area contributed by atoms with Crippen LogP contribution >= 0.6 is 0 Å². The molecular weight excluding hydrogens is 214 g/mol. The normalized spacial score (nSPS) is 27.4. The third kappa shape index (κ3) is 1.59. The molecule has 8 heteroatoms. The van der Waals surface area contributed by atoms with Gasteiger partial charge >= 0.3 is 0 Å². The minimum Gasteiger partial charge on any atom is -0.341 e. The van der Waals surface area contributed by atoms with Crippen LogP contribution in [0.25, 0.3) is 10.4 Å². The second-order valence-electron chi connectivity index (χ2n) is 3.75. The van der Waals surface area contributed by atoms with Gasteiger partial charge in [-0.1, -0.05) is 5.11 Å². The fourth-order valence-corrected chi connectivity index (χ4v) is 2.04. The zero-order valence-corrected chi connectivity index (χ0v) is 8.29. The smallest absolute Gasteiger partial charge is 0.232 e. The van der Waals surface area contributed by atoms with Crippen molar-refractivity contribution >= 4 is 17.7 Å². The van der Waals surface area contributed by atoms with Crippen molar-refractivity contribution in [1.82, 2.24) is 10.2 Å². The van der Waals surface area contributed by atoms with Crippen molar-refractivity contribution in [3.8, 4) is 0 Å². The number of nitrogens with zero attached hydrogens (tertiary/aromatic N) is 4. The molecular formula is C8H9N5O3. The minimum atomic E-state index is -0.442. The summed E-state index contributed by atoms with van der Waals surface area (Å²) in [7, 11) is 0. The summed E-state index contributed by atoms with van der Waals surface area (Å²) in [5.74, 6) is -1.89. The first-order valence-corrected chi connectivity index (χ1v) is 4.77. The van der Waals surface area contributed by atoms with Crippen LogP contribution in [0.5, 0.6) is 0 Å². The van der Waals surface area contributed by atoms with Gasteiger partial charge in [-0.25, -0.2) is 0 Å². The van der Waals surface area contributed by atoms with Crippen molar-refractivity contribution in [2.45, 2.75) is 0 Å². The van der Waals surface area contributed by atoms with Gasteiger partial charge in [0.1, 0.15) is 6.54 Å². The molecule has 2 heterocycles. The quantitative estimate of drug-likeness (QED) is 0.281. The van der Waals surface area contributed by atoms with Crippen molar-refractivity contribution in [2.75, 3.05) is 19.6 Å². The number of imide groups is 1. The number of amides is 3. The van der Waals surface area contributed by atoms with E-state index in [0.29, 0.717) is 0 Å². The highest BCUT2D eigenvalue weighted by Crippen LogP contribution is 2.28. The van der Waals surface area contributed by atoms with E-state index in [2.05, 4.69) is 15.3 Å². The molecule has 0 unspecified atom stereocenters. The van der Waals surface area contributed by atoms with Crippen molar-refractivity contribution in [2.24, 2.45) is 17.0 Å². The van der Waals surface area contributed by atoms with Gasteiger partial charge in [-0.05, 0) is 5.53 Å². The van der Waals surface area contributed by atoms with Crippen LogP contribution < -0.4 is 5.32 Å². The van der Waals surface area contributed by atoms with Crippen molar-refractivity contribution in [3.63, 3.8) is 0 Å². The summed E-state index contributed by atoms with van der Waals surface area (Å²) in [5.41, 5.74) is 8.07. The fourth-order valence-electron chi connectivity index (χ4n) is 2.04. The van der Waals surface area contributed by atoms with Crippen molar-refractivity contribution in [3.05, 3.63) is 10.4 Å². The molecule has 8 nitrogen and oxygen atoms in total. The predicted molar refractivity (Wildman–Crippen MR) is 50.7 cm³/mol. The summed E-state index contributed by atoms with van der Waals surface area (Å²) < 4.78 is 0. The van der Waals surface area contributed by atoms with E-state index in [1.54, 1.807) is 0 Å². The molecule has 2 atom stereocenters. The summed E-state index contributed by atoms with van der Waals surface area (Å²) in [5, 5.41) is 5.38. The van der Waals surface area contributed by atoms with Crippen LogP contribution in [-0.2, 0) is 14.4 Å². The van der Waals surface area contributed by atoms with Gasteiger partial charge in [0.2, 0.25) is 17.7 Å². The largest absolute Gasteiger partial charge is 0.341 e. The molecule has 0 bridgehead atoms. The SMILES string of the molecule is [N-]=[N+]=NCC(=O)N1C[C@@H]2C(=O)NC(=O)[C@@H]2C1. The Morgan fingerprint density at radius 2 is 2.00 bits per heavy atom. The third-order valence-corrected chi connectivity index (χ3v) is 2.86. The molecule has 0 aromatic rings. The van der Waals surface area contributed by atoms with Crippen LogP contribution in [-0.4, -0.2) is 42.3 Å². The van der Waals surface area contributed by atoms with Crippen LogP contribution in [0, 0.1) is 11.8 Å². The monoisotopic (exact) mass is 223 g/mol. The average Bonchev–Trinajstić information content (AvgIpc) is 2.79. The van der Waals surface area contributed by atoms with Gasteiger partial charge in [-0.2, -0.15) is 0 Å². The third-order valence-electron chi connectivity index (χ3n) is 2.86. The minimum absolute atomic E-state index is 0.224. The highest BCUT2D eigenvalue weighted by molar-refractivity contribution is 6.06. The molecule has 1 N–H and O–H groups in total. The number of carbonyl (C=O) groups excluding carboxylic acids is 3. The standard InChI is InChI=1S/C8H9N5O3/c9-12-10-1-6(14)13-2-4-5(3-13)8(16)11-7(4)15/h4-5H,1-3H2,(H,11,15,16)/t4-,5+.